The summed E-state index contributed by atoms with van der Waals surface area (Å²) in [6.07, 6.45) is 1.99. The van der Waals surface area contributed by atoms with Crippen molar-refractivity contribution in [2.75, 3.05) is 13.1 Å². The minimum atomic E-state index is -3.26. The van der Waals surface area contributed by atoms with E-state index < -0.39 is 10.0 Å². The van der Waals surface area contributed by atoms with Gasteiger partial charge in [-0.2, -0.15) is 0 Å². The van der Waals surface area contributed by atoms with Crippen molar-refractivity contribution in [1.82, 2.24) is 10.0 Å². The van der Waals surface area contributed by atoms with Crippen LogP contribution in [0.2, 0.25) is 0 Å². The van der Waals surface area contributed by atoms with Crippen LogP contribution in [0.5, 0.6) is 0 Å². The first-order valence-electron chi connectivity index (χ1n) is 7.76. The molecule has 0 saturated heterocycles. The second kappa shape index (κ2) is 9.18. The molecule has 0 radical (unpaired) electrons. The van der Waals surface area contributed by atoms with Gasteiger partial charge in [-0.05, 0) is 23.6 Å². The Hall–Kier alpha value is -0.910. The van der Waals surface area contributed by atoms with Crippen LogP contribution in [-0.2, 0) is 22.3 Å². The van der Waals surface area contributed by atoms with E-state index in [1.54, 1.807) is 0 Å². The lowest BCUT2D eigenvalue weighted by Crippen LogP contribution is -2.30. The quantitative estimate of drug-likeness (QED) is 0.698. The van der Waals surface area contributed by atoms with Crippen molar-refractivity contribution in [2.45, 2.75) is 45.9 Å². The number of hydrogen-bond acceptors (Lipinski definition) is 3. The van der Waals surface area contributed by atoms with Crippen LogP contribution < -0.4 is 10.0 Å². The number of hydrogen-bond donors (Lipinski definition) is 2. The van der Waals surface area contributed by atoms with Crippen molar-refractivity contribution < 1.29 is 8.42 Å². The van der Waals surface area contributed by atoms with E-state index >= 15 is 0 Å². The van der Waals surface area contributed by atoms with Gasteiger partial charge >= 0.3 is 0 Å². The minimum Gasteiger partial charge on any atom is -0.313 e. The van der Waals surface area contributed by atoms with E-state index in [-0.39, 0.29) is 5.75 Å². The smallest absolute Gasteiger partial charge is 0.215 e. The van der Waals surface area contributed by atoms with Crippen molar-refractivity contribution in [1.29, 1.82) is 0 Å². The summed E-state index contributed by atoms with van der Waals surface area (Å²) in [5.41, 5.74) is 1.95. The normalized spacial score (nSPS) is 12.0. The van der Waals surface area contributed by atoms with Gasteiger partial charge < -0.3 is 5.32 Å². The van der Waals surface area contributed by atoms with E-state index in [0.717, 1.165) is 37.1 Å². The molecule has 0 aliphatic heterocycles. The van der Waals surface area contributed by atoms with Crippen LogP contribution in [0, 0.1) is 5.92 Å². The number of benzene rings is 1. The van der Waals surface area contributed by atoms with E-state index in [1.165, 1.54) is 0 Å². The Labute approximate surface area is 129 Å². The SMILES string of the molecule is CCNCc1cccc(CS(=O)(=O)NCC(CC)CC)c1. The van der Waals surface area contributed by atoms with Crippen LogP contribution in [0.3, 0.4) is 0 Å². The van der Waals surface area contributed by atoms with Crippen LogP contribution in [0.1, 0.15) is 44.7 Å². The Morgan fingerprint density at radius 1 is 1.10 bits per heavy atom. The molecule has 4 nitrogen and oxygen atoms in total. The Kier molecular flexibility index (Phi) is 7.93. The highest BCUT2D eigenvalue weighted by Gasteiger charge is 2.13. The maximum Gasteiger partial charge on any atom is 0.215 e. The number of nitrogens with one attached hydrogen (secondary N) is 2. The summed E-state index contributed by atoms with van der Waals surface area (Å²) in [6, 6.07) is 7.75. The van der Waals surface area contributed by atoms with E-state index in [4.69, 9.17) is 0 Å². The molecule has 0 atom stereocenters. The fourth-order valence-corrected chi connectivity index (χ4v) is 3.40. The number of sulfonamides is 1. The highest BCUT2D eigenvalue weighted by Crippen LogP contribution is 2.10. The topological polar surface area (TPSA) is 58.2 Å². The van der Waals surface area contributed by atoms with Crippen molar-refractivity contribution >= 4 is 10.0 Å². The Balaban J connectivity index is 2.62. The second-order valence-corrected chi connectivity index (χ2v) is 7.20. The van der Waals surface area contributed by atoms with E-state index in [0.29, 0.717) is 12.5 Å². The molecule has 1 rings (SSSR count). The van der Waals surface area contributed by atoms with Gasteiger partial charge in [-0.3, -0.25) is 0 Å². The zero-order chi connectivity index (χ0) is 15.7. The highest BCUT2D eigenvalue weighted by molar-refractivity contribution is 7.88. The van der Waals surface area contributed by atoms with Crippen molar-refractivity contribution in [3.8, 4) is 0 Å². The lowest BCUT2D eigenvalue weighted by Gasteiger charge is -2.14. The molecule has 2 N–H and O–H groups in total. The van der Waals surface area contributed by atoms with Crippen LogP contribution in [-0.4, -0.2) is 21.5 Å². The second-order valence-electron chi connectivity index (χ2n) is 5.39. The van der Waals surface area contributed by atoms with Crippen LogP contribution in [0.15, 0.2) is 24.3 Å². The van der Waals surface area contributed by atoms with Gasteiger partial charge in [0.05, 0.1) is 5.75 Å². The molecule has 0 spiro atoms. The molecule has 21 heavy (non-hydrogen) atoms. The summed E-state index contributed by atoms with van der Waals surface area (Å²) in [5, 5.41) is 3.24. The molecule has 0 unspecified atom stereocenters. The molecular weight excluding hydrogens is 284 g/mol. The predicted molar refractivity (Wildman–Crippen MR) is 88.5 cm³/mol. The highest BCUT2D eigenvalue weighted by atomic mass is 32.2. The molecule has 0 aromatic heterocycles. The monoisotopic (exact) mass is 312 g/mol. The Morgan fingerprint density at radius 3 is 2.38 bits per heavy atom. The molecule has 5 heteroatoms. The summed E-state index contributed by atoms with van der Waals surface area (Å²) in [7, 11) is -3.26. The zero-order valence-corrected chi connectivity index (χ0v) is 14.2. The van der Waals surface area contributed by atoms with Crippen LogP contribution in [0.25, 0.3) is 0 Å². The minimum absolute atomic E-state index is 0.0487. The molecule has 1 aromatic carbocycles. The first-order chi connectivity index (χ1) is 10.0. The van der Waals surface area contributed by atoms with Gasteiger partial charge in [0.15, 0.2) is 0 Å². The van der Waals surface area contributed by atoms with Crippen LogP contribution >= 0.6 is 0 Å². The van der Waals surface area contributed by atoms with Gasteiger partial charge in [-0.1, -0.05) is 57.9 Å². The van der Waals surface area contributed by atoms with E-state index in [2.05, 4.69) is 30.8 Å². The molecule has 0 heterocycles. The molecule has 0 aliphatic carbocycles. The first-order valence-corrected chi connectivity index (χ1v) is 9.41. The molecule has 0 saturated carbocycles. The van der Waals surface area contributed by atoms with Gasteiger partial charge in [0.25, 0.3) is 0 Å². The summed E-state index contributed by atoms with van der Waals surface area (Å²) in [6.45, 7) is 8.44. The van der Waals surface area contributed by atoms with Crippen molar-refractivity contribution in [3.63, 3.8) is 0 Å². The lowest BCUT2D eigenvalue weighted by atomic mass is 10.0. The standard InChI is InChI=1S/C16H28N2O2S/c1-4-14(5-2)12-18-21(19,20)13-16-9-7-8-15(10-16)11-17-6-3/h7-10,14,17-18H,4-6,11-13H2,1-3H3. The van der Waals surface area contributed by atoms with Gasteiger partial charge in [0.2, 0.25) is 10.0 Å². The summed E-state index contributed by atoms with van der Waals surface area (Å²) in [5.74, 6) is 0.465. The third-order valence-corrected chi connectivity index (χ3v) is 4.99. The molecular formula is C16H28N2O2S. The van der Waals surface area contributed by atoms with Crippen molar-refractivity contribution in [2.24, 2.45) is 5.92 Å². The maximum absolute atomic E-state index is 12.1. The predicted octanol–water partition coefficient (Wildman–Crippen LogP) is 2.65. The molecule has 0 bridgehead atoms. The zero-order valence-electron chi connectivity index (χ0n) is 13.4. The van der Waals surface area contributed by atoms with Gasteiger partial charge in [0.1, 0.15) is 0 Å². The molecule has 0 fully saturated rings. The number of rotatable bonds is 10. The average molecular weight is 312 g/mol. The fourth-order valence-electron chi connectivity index (χ4n) is 2.19. The molecule has 0 aliphatic rings. The van der Waals surface area contributed by atoms with Gasteiger partial charge in [-0.25, -0.2) is 13.1 Å². The maximum atomic E-state index is 12.1. The van der Waals surface area contributed by atoms with E-state index in [1.807, 2.05) is 24.3 Å². The van der Waals surface area contributed by atoms with Crippen LogP contribution in [0.4, 0.5) is 0 Å². The van der Waals surface area contributed by atoms with Gasteiger partial charge in [-0.15, -0.1) is 0 Å². The third kappa shape index (κ3) is 7.07. The van der Waals surface area contributed by atoms with E-state index in [9.17, 15) is 8.42 Å². The Morgan fingerprint density at radius 2 is 1.76 bits per heavy atom. The Bertz CT molecular complexity index is 511. The lowest BCUT2D eigenvalue weighted by molar-refractivity contribution is 0.478. The summed E-state index contributed by atoms with van der Waals surface area (Å²) < 4.78 is 27.0. The third-order valence-electron chi connectivity index (χ3n) is 3.67. The molecule has 1 aromatic rings. The average Bonchev–Trinajstić information content (AvgIpc) is 2.46. The van der Waals surface area contributed by atoms with Gasteiger partial charge in [0, 0.05) is 13.1 Å². The summed E-state index contributed by atoms with van der Waals surface area (Å²) >= 11 is 0. The summed E-state index contributed by atoms with van der Waals surface area (Å²) in [4.78, 5) is 0. The largest absolute Gasteiger partial charge is 0.313 e. The van der Waals surface area contributed by atoms with Crippen molar-refractivity contribution in [3.05, 3.63) is 35.4 Å². The fraction of sp³-hybridized carbons (Fsp3) is 0.625. The first kappa shape index (κ1) is 18.1. The molecule has 0 amide bonds. The molecule has 120 valence electrons.